The molecule has 3 aliphatic heterocycles. The van der Waals surface area contributed by atoms with E-state index in [4.69, 9.17) is 9.84 Å². The van der Waals surface area contributed by atoms with Gasteiger partial charge in [0.1, 0.15) is 11.9 Å². The zero-order chi connectivity index (χ0) is 24.0. The van der Waals surface area contributed by atoms with Crippen molar-refractivity contribution >= 4 is 29.1 Å². The largest absolute Gasteiger partial charge is 0.485 e. The summed E-state index contributed by atoms with van der Waals surface area (Å²) in [5.41, 5.74) is 9.00. The number of hydrogen-bond acceptors (Lipinski definition) is 3. The van der Waals surface area contributed by atoms with E-state index < -0.39 is 5.97 Å². The summed E-state index contributed by atoms with van der Waals surface area (Å²) in [5.74, 6) is 0.249. The molecule has 0 saturated carbocycles. The van der Waals surface area contributed by atoms with E-state index in [1.807, 2.05) is 0 Å². The lowest BCUT2D eigenvalue weighted by atomic mass is 9.75. The van der Waals surface area contributed by atoms with Gasteiger partial charge in [0.05, 0.1) is 11.0 Å². The summed E-state index contributed by atoms with van der Waals surface area (Å²) in [6.45, 7) is 8.73. The van der Waals surface area contributed by atoms with Crippen LogP contribution in [0.2, 0.25) is 0 Å². The van der Waals surface area contributed by atoms with Crippen molar-refractivity contribution in [3.63, 3.8) is 0 Å². The van der Waals surface area contributed by atoms with E-state index in [9.17, 15) is 4.79 Å². The van der Waals surface area contributed by atoms with Crippen molar-refractivity contribution in [2.24, 2.45) is 0 Å². The number of nitrogens with zero attached hydrogens (tertiary/aromatic N) is 2. The quantitative estimate of drug-likeness (QED) is 0.426. The fourth-order valence-electron chi connectivity index (χ4n) is 5.79. The lowest BCUT2D eigenvalue weighted by Gasteiger charge is -2.32. The molecular weight excluding hydrogens is 424 g/mol. The summed E-state index contributed by atoms with van der Waals surface area (Å²) in [5, 5.41) is 8.80. The normalized spacial score (nSPS) is 19.4. The molecule has 3 heterocycles. The van der Waals surface area contributed by atoms with Crippen molar-refractivity contribution in [2.45, 2.75) is 64.4 Å². The Bertz CT molecular complexity index is 1210. The smallest absolute Gasteiger partial charge is 0.303 e. The fraction of sp³-hybridized carbons (Fsp3) is 0.448. The van der Waals surface area contributed by atoms with Crippen LogP contribution in [0.1, 0.15) is 62.6 Å². The first kappa shape index (κ1) is 22.7. The van der Waals surface area contributed by atoms with Crippen LogP contribution in [0.5, 0.6) is 5.75 Å². The first-order chi connectivity index (χ1) is 16.3. The highest BCUT2D eigenvalue weighted by atomic mass is 16.5. The predicted molar refractivity (Wildman–Crippen MR) is 137 cm³/mol. The Morgan fingerprint density at radius 1 is 1.18 bits per heavy atom. The Morgan fingerprint density at radius 2 is 2.00 bits per heavy atom. The van der Waals surface area contributed by atoms with Gasteiger partial charge in [-0.15, -0.1) is 0 Å². The molecule has 0 amide bonds. The third-order valence-electron chi connectivity index (χ3n) is 7.62. The van der Waals surface area contributed by atoms with E-state index in [1.54, 1.807) is 0 Å². The number of ether oxygens (including phenoxy) is 1. The Kier molecular flexibility index (Phi) is 5.75. The number of fused-ring (bicyclic) bond motifs is 5. The van der Waals surface area contributed by atoms with E-state index in [-0.39, 0.29) is 17.9 Å². The molecule has 0 aromatic heterocycles. The summed E-state index contributed by atoms with van der Waals surface area (Å²) < 4.78 is 9.12. The van der Waals surface area contributed by atoms with Crippen LogP contribution in [-0.4, -0.2) is 47.6 Å². The van der Waals surface area contributed by atoms with Crippen LogP contribution < -0.4 is 9.64 Å². The fourth-order valence-corrected chi connectivity index (χ4v) is 5.79. The number of aryl methyl sites for hydroxylation is 1. The first-order valence-electron chi connectivity index (χ1n) is 12.5. The summed E-state index contributed by atoms with van der Waals surface area (Å²) in [7, 11) is 2.09. The summed E-state index contributed by atoms with van der Waals surface area (Å²) in [6.07, 6.45) is 6.32. The van der Waals surface area contributed by atoms with Gasteiger partial charge in [-0.2, -0.15) is 4.58 Å². The van der Waals surface area contributed by atoms with Gasteiger partial charge in [0.15, 0.2) is 12.3 Å². The highest BCUT2D eigenvalue weighted by molar-refractivity contribution is 6.11. The second-order valence-electron chi connectivity index (χ2n) is 10.5. The Hall–Kier alpha value is -3.08. The van der Waals surface area contributed by atoms with Crippen molar-refractivity contribution in [1.82, 2.24) is 0 Å². The van der Waals surface area contributed by atoms with Crippen molar-refractivity contribution in [3.8, 4) is 5.75 Å². The SMILES string of the molecule is Cc1ccc2c(c1)C(C)(C)C1=[N+]2CCC2Oc3cc(N(C)CCCCCC(=O)O)ccc3C=C12. The molecule has 178 valence electrons. The molecule has 1 unspecified atom stereocenters. The maximum Gasteiger partial charge on any atom is 0.303 e. The first-order valence-corrected chi connectivity index (χ1v) is 12.5. The summed E-state index contributed by atoms with van der Waals surface area (Å²) >= 11 is 0. The molecule has 5 heteroatoms. The lowest BCUT2D eigenvalue weighted by Crippen LogP contribution is -2.42. The zero-order valence-electron chi connectivity index (χ0n) is 20.7. The number of carboxylic acids is 1. The number of rotatable bonds is 7. The van der Waals surface area contributed by atoms with Gasteiger partial charge in [-0.1, -0.05) is 18.1 Å². The monoisotopic (exact) mass is 459 g/mol. The second-order valence-corrected chi connectivity index (χ2v) is 10.5. The molecule has 1 N–H and O–H groups in total. The number of benzene rings is 2. The average molecular weight is 460 g/mol. The van der Waals surface area contributed by atoms with Crippen LogP contribution in [0.15, 0.2) is 42.0 Å². The number of unbranched alkanes of at least 4 members (excludes halogenated alkanes) is 2. The molecule has 0 radical (unpaired) electrons. The molecular formula is C29H35N2O3+. The number of aliphatic carboxylic acids is 1. The maximum absolute atomic E-state index is 10.7. The van der Waals surface area contributed by atoms with Gasteiger partial charge < -0.3 is 14.7 Å². The topological polar surface area (TPSA) is 52.8 Å². The van der Waals surface area contributed by atoms with Crippen LogP contribution in [0.3, 0.4) is 0 Å². The van der Waals surface area contributed by atoms with E-state index in [0.29, 0.717) is 0 Å². The summed E-state index contributed by atoms with van der Waals surface area (Å²) in [6, 6.07) is 13.3. The van der Waals surface area contributed by atoms with Crippen LogP contribution in [0.4, 0.5) is 11.4 Å². The van der Waals surface area contributed by atoms with Gasteiger partial charge in [0.25, 0.3) is 0 Å². The zero-order valence-corrected chi connectivity index (χ0v) is 20.7. The third-order valence-corrected chi connectivity index (χ3v) is 7.62. The molecule has 5 nitrogen and oxygen atoms in total. The second kappa shape index (κ2) is 8.61. The van der Waals surface area contributed by atoms with E-state index in [1.165, 1.54) is 28.1 Å². The van der Waals surface area contributed by atoms with Gasteiger partial charge in [-0.25, -0.2) is 0 Å². The van der Waals surface area contributed by atoms with Gasteiger partial charge in [-0.3, -0.25) is 4.79 Å². The molecule has 34 heavy (non-hydrogen) atoms. The molecule has 1 atom stereocenters. The Morgan fingerprint density at radius 3 is 2.79 bits per heavy atom. The minimum Gasteiger partial charge on any atom is -0.485 e. The number of hydrogen-bond donors (Lipinski definition) is 1. The van der Waals surface area contributed by atoms with Crippen LogP contribution in [-0.2, 0) is 10.2 Å². The van der Waals surface area contributed by atoms with Crippen molar-refractivity contribution in [3.05, 3.63) is 58.7 Å². The molecule has 0 spiro atoms. The highest BCUT2D eigenvalue weighted by Crippen LogP contribution is 2.47. The molecule has 0 saturated heterocycles. The van der Waals surface area contributed by atoms with Gasteiger partial charge in [0, 0.05) is 55.4 Å². The van der Waals surface area contributed by atoms with E-state index in [2.05, 4.69) is 79.8 Å². The van der Waals surface area contributed by atoms with Crippen LogP contribution >= 0.6 is 0 Å². The number of anilines is 1. The minimum atomic E-state index is -0.711. The molecule has 5 rings (SSSR count). The predicted octanol–water partition coefficient (Wildman–Crippen LogP) is 5.70. The van der Waals surface area contributed by atoms with Crippen LogP contribution in [0, 0.1) is 6.92 Å². The standard InChI is InChI=1S/C29H34N2O3/c1-19-9-12-24-23(16-19)29(2,3)28-22-17-20-10-11-21(30(4)14-7-5-6-8-27(32)33)18-26(20)34-25(22)13-15-31(24)28/h9-12,16-18,25H,5-8,13-15H2,1-4H3/p+1. The molecule has 3 aliphatic rings. The molecule has 2 aromatic carbocycles. The molecule has 0 bridgehead atoms. The van der Waals surface area contributed by atoms with E-state index in [0.717, 1.165) is 55.8 Å². The van der Waals surface area contributed by atoms with Crippen molar-refractivity contribution in [1.29, 1.82) is 0 Å². The van der Waals surface area contributed by atoms with Crippen LogP contribution in [0.25, 0.3) is 6.08 Å². The molecule has 0 fully saturated rings. The summed E-state index contributed by atoms with van der Waals surface area (Å²) in [4.78, 5) is 12.9. The highest BCUT2D eigenvalue weighted by Gasteiger charge is 2.52. The van der Waals surface area contributed by atoms with Gasteiger partial charge >= 0.3 is 5.97 Å². The molecule has 0 aliphatic carbocycles. The third kappa shape index (κ3) is 3.91. The number of carbonyl (C=O) groups is 1. The minimum absolute atomic E-state index is 0.0481. The maximum atomic E-state index is 10.7. The van der Waals surface area contributed by atoms with Gasteiger partial charge in [-0.05, 0) is 57.9 Å². The molecule has 2 aromatic rings. The lowest BCUT2D eigenvalue weighted by molar-refractivity contribution is -0.444. The van der Waals surface area contributed by atoms with Crippen molar-refractivity contribution < 1.29 is 19.2 Å². The average Bonchev–Trinajstić information content (AvgIpc) is 3.03. The Balaban J connectivity index is 1.38. The van der Waals surface area contributed by atoms with Gasteiger partial charge in [0.2, 0.25) is 5.69 Å². The van der Waals surface area contributed by atoms with E-state index >= 15 is 0 Å². The van der Waals surface area contributed by atoms with Crippen molar-refractivity contribution in [2.75, 3.05) is 25.0 Å². The number of carboxylic acid groups (broad SMARTS) is 1. The Labute approximate surface area is 202 Å².